The Bertz CT molecular complexity index is 890. The van der Waals surface area contributed by atoms with Crippen LogP contribution in [-0.4, -0.2) is 33.5 Å². The van der Waals surface area contributed by atoms with Crippen LogP contribution in [0.5, 0.6) is 0 Å². The first-order valence-corrected chi connectivity index (χ1v) is 14.2. The van der Waals surface area contributed by atoms with Gasteiger partial charge in [0, 0.05) is 48.6 Å². The average Bonchev–Trinajstić information content (AvgIpc) is 3.14. The van der Waals surface area contributed by atoms with Gasteiger partial charge in [0.05, 0.1) is 6.10 Å². The van der Waals surface area contributed by atoms with Crippen molar-refractivity contribution in [2.45, 2.75) is 83.5 Å². The molecule has 4 saturated carbocycles. The molecule has 0 spiro atoms. The highest BCUT2D eigenvalue weighted by molar-refractivity contribution is 7.98. The van der Waals surface area contributed by atoms with Crippen molar-refractivity contribution in [3.8, 4) is 0 Å². The average molecular weight is 470 g/mol. The summed E-state index contributed by atoms with van der Waals surface area (Å²) in [5.41, 5.74) is 1.10. The number of carbonyl (C=O) groups is 2. The molecule has 0 aliphatic heterocycles. The van der Waals surface area contributed by atoms with Crippen LogP contribution in [0, 0.1) is 40.4 Å². The van der Waals surface area contributed by atoms with Gasteiger partial charge in [0.25, 0.3) is 0 Å². The molecule has 4 nitrogen and oxygen atoms in total. The Hall–Kier alpha value is -1.20. The van der Waals surface area contributed by atoms with Gasteiger partial charge in [0.1, 0.15) is 11.6 Å². The number of hydrogen-bond acceptors (Lipinski definition) is 5. The normalized spacial score (nSPS) is 42.3. The molecule has 1 N–H and O–H groups in total. The van der Waals surface area contributed by atoms with Crippen LogP contribution in [0.25, 0.3) is 0 Å². The smallest absolute Gasteiger partial charge is 0.137 e. The van der Waals surface area contributed by atoms with E-state index in [2.05, 4.69) is 24.9 Å². The van der Waals surface area contributed by atoms with Gasteiger partial charge in [-0.1, -0.05) is 19.9 Å². The number of nitrogens with zero attached hydrogens (tertiary/aromatic N) is 1. The highest BCUT2D eigenvalue weighted by Gasteiger charge is 2.63. The lowest BCUT2D eigenvalue weighted by molar-refractivity contribution is -0.162. The molecule has 5 heteroatoms. The molecule has 180 valence electrons. The van der Waals surface area contributed by atoms with E-state index in [1.54, 1.807) is 18.0 Å². The van der Waals surface area contributed by atoms with Gasteiger partial charge in [0.15, 0.2) is 0 Å². The standard InChI is InChI=1S/C28H39NO3S/c1-27-11-9-20(30)14-19(27)5-6-21-22-7-8-23(28(22,2)15-25(32)26(21)27)24(31)10-13-33-17-18-4-3-12-29-16-18/h3-4,12,16,19-23,26,30H,5-11,13-15,17H2,1-2H3/t19-,20+,21-,22-,23+,26+,27-,28-/m0/s1. The molecule has 0 bridgehead atoms. The summed E-state index contributed by atoms with van der Waals surface area (Å²) in [6, 6.07) is 4.04. The Morgan fingerprint density at radius 1 is 1.18 bits per heavy atom. The third-order valence-electron chi connectivity index (χ3n) is 10.2. The predicted molar refractivity (Wildman–Crippen MR) is 132 cm³/mol. The topological polar surface area (TPSA) is 67.3 Å². The second kappa shape index (κ2) is 9.11. The van der Waals surface area contributed by atoms with Crippen LogP contribution in [0.1, 0.15) is 77.2 Å². The van der Waals surface area contributed by atoms with Crippen molar-refractivity contribution >= 4 is 23.3 Å². The highest BCUT2D eigenvalue weighted by Crippen LogP contribution is 2.66. The lowest BCUT2D eigenvalue weighted by Crippen LogP contribution is -2.58. The largest absolute Gasteiger partial charge is 0.393 e. The first kappa shape index (κ1) is 23.5. The summed E-state index contributed by atoms with van der Waals surface area (Å²) in [5, 5.41) is 10.2. The zero-order valence-corrected chi connectivity index (χ0v) is 21.0. The predicted octanol–water partition coefficient (Wildman–Crippen LogP) is 5.47. The molecular weight excluding hydrogens is 430 g/mol. The van der Waals surface area contributed by atoms with Crippen molar-refractivity contribution in [2.24, 2.45) is 40.4 Å². The second-order valence-corrected chi connectivity index (χ2v) is 13.0. The van der Waals surface area contributed by atoms with Gasteiger partial charge >= 0.3 is 0 Å². The van der Waals surface area contributed by atoms with Gasteiger partial charge in [-0.15, -0.1) is 0 Å². The molecule has 1 aromatic heterocycles. The lowest BCUT2D eigenvalue weighted by atomic mass is 9.44. The molecule has 4 aliphatic carbocycles. The van der Waals surface area contributed by atoms with Crippen LogP contribution in [0.4, 0.5) is 0 Å². The van der Waals surface area contributed by atoms with Crippen molar-refractivity contribution < 1.29 is 14.7 Å². The highest BCUT2D eigenvalue weighted by atomic mass is 32.2. The van der Waals surface area contributed by atoms with Crippen molar-refractivity contribution in [3.05, 3.63) is 30.1 Å². The number of ketones is 2. The Balaban J connectivity index is 1.25. The van der Waals surface area contributed by atoms with Gasteiger partial charge in [-0.3, -0.25) is 14.6 Å². The second-order valence-electron chi connectivity index (χ2n) is 11.9. The van der Waals surface area contributed by atoms with Crippen molar-refractivity contribution in [1.82, 2.24) is 4.98 Å². The fraction of sp³-hybridized carbons (Fsp3) is 0.750. The summed E-state index contributed by atoms with van der Waals surface area (Å²) < 4.78 is 0. The molecule has 1 aromatic rings. The molecule has 0 saturated heterocycles. The van der Waals surface area contributed by atoms with Gasteiger partial charge in [-0.05, 0) is 85.2 Å². The number of carbonyl (C=O) groups excluding carboxylic acids is 2. The number of rotatable bonds is 6. The maximum atomic E-state index is 13.7. The first-order chi connectivity index (χ1) is 15.8. The summed E-state index contributed by atoms with van der Waals surface area (Å²) in [7, 11) is 0. The number of aliphatic hydroxyl groups is 1. The van der Waals surface area contributed by atoms with Crippen LogP contribution in [0.15, 0.2) is 24.5 Å². The third kappa shape index (κ3) is 4.11. The van der Waals surface area contributed by atoms with Crippen LogP contribution in [0.2, 0.25) is 0 Å². The number of Topliss-reactive ketones (excluding diaryl/α,β-unsaturated/α-hetero) is 2. The fourth-order valence-electron chi connectivity index (χ4n) is 8.60. The number of pyridine rings is 1. The van der Waals surface area contributed by atoms with Crippen LogP contribution < -0.4 is 0 Å². The number of thioether (sulfide) groups is 1. The van der Waals surface area contributed by atoms with Gasteiger partial charge in [0.2, 0.25) is 0 Å². The fourth-order valence-corrected chi connectivity index (χ4v) is 9.50. The molecule has 33 heavy (non-hydrogen) atoms. The summed E-state index contributed by atoms with van der Waals surface area (Å²) in [6.07, 6.45) is 11.7. The SMILES string of the molecule is C[C@]12CC[C@@H](O)C[C@@H]1CC[C@H]1[C@@H]3CC[C@H](C(=O)CCSCc4cccnc4)[C@@]3(C)CC(=O)[C@@H]12. The van der Waals surface area contributed by atoms with E-state index in [-0.39, 0.29) is 28.8 Å². The minimum Gasteiger partial charge on any atom is -0.393 e. The zero-order valence-electron chi connectivity index (χ0n) is 20.2. The number of aliphatic hydroxyl groups excluding tert-OH is 1. The summed E-state index contributed by atoms with van der Waals surface area (Å²) in [5.74, 6) is 4.14. The Labute approximate surface area is 202 Å². The Kier molecular flexibility index (Phi) is 6.50. The maximum Gasteiger partial charge on any atom is 0.137 e. The van der Waals surface area contributed by atoms with Crippen molar-refractivity contribution in [2.75, 3.05) is 5.75 Å². The Morgan fingerprint density at radius 3 is 2.82 bits per heavy atom. The molecule has 1 heterocycles. The number of hydrogen-bond donors (Lipinski definition) is 1. The minimum atomic E-state index is -0.187. The maximum absolute atomic E-state index is 13.7. The molecule has 8 atom stereocenters. The van der Waals surface area contributed by atoms with E-state index in [1.165, 1.54) is 5.56 Å². The van der Waals surface area contributed by atoms with Crippen LogP contribution in [-0.2, 0) is 15.3 Å². The molecule has 4 aliphatic rings. The van der Waals surface area contributed by atoms with E-state index in [9.17, 15) is 14.7 Å². The molecule has 4 fully saturated rings. The van der Waals surface area contributed by atoms with E-state index < -0.39 is 0 Å². The molecule has 0 amide bonds. The molecule has 0 radical (unpaired) electrons. The van der Waals surface area contributed by atoms with Crippen LogP contribution in [0.3, 0.4) is 0 Å². The first-order valence-electron chi connectivity index (χ1n) is 13.0. The van der Waals surface area contributed by atoms with Gasteiger partial charge in [-0.2, -0.15) is 11.8 Å². The van der Waals surface area contributed by atoms with Crippen molar-refractivity contribution in [1.29, 1.82) is 0 Å². The van der Waals surface area contributed by atoms with Crippen LogP contribution >= 0.6 is 11.8 Å². The monoisotopic (exact) mass is 469 g/mol. The molecule has 0 unspecified atom stereocenters. The quantitative estimate of drug-likeness (QED) is 0.559. The van der Waals surface area contributed by atoms with Crippen molar-refractivity contribution in [3.63, 3.8) is 0 Å². The van der Waals surface area contributed by atoms with E-state index in [4.69, 9.17) is 0 Å². The minimum absolute atomic E-state index is 0.0464. The lowest BCUT2D eigenvalue weighted by Gasteiger charge is -2.59. The Morgan fingerprint density at radius 2 is 2.03 bits per heavy atom. The molecule has 5 rings (SSSR count). The summed E-state index contributed by atoms with van der Waals surface area (Å²) >= 11 is 1.80. The van der Waals surface area contributed by atoms with E-state index >= 15 is 0 Å². The third-order valence-corrected chi connectivity index (χ3v) is 11.2. The summed E-state index contributed by atoms with van der Waals surface area (Å²) in [4.78, 5) is 31.2. The van der Waals surface area contributed by atoms with Gasteiger partial charge < -0.3 is 5.11 Å². The number of aromatic nitrogens is 1. The number of fused-ring (bicyclic) bond motifs is 5. The van der Waals surface area contributed by atoms with Gasteiger partial charge in [-0.25, -0.2) is 0 Å². The zero-order chi connectivity index (χ0) is 23.2. The molecule has 0 aromatic carbocycles. The summed E-state index contributed by atoms with van der Waals surface area (Å²) in [6.45, 7) is 4.61. The molecular formula is C28H39NO3S. The van der Waals surface area contributed by atoms with E-state index in [0.29, 0.717) is 42.2 Å². The van der Waals surface area contributed by atoms with E-state index in [1.807, 2.05) is 12.3 Å². The van der Waals surface area contributed by atoms with E-state index in [0.717, 1.165) is 56.5 Å².